The van der Waals surface area contributed by atoms with Crippen molar-refractivity contribution < 1.29 is 4.74 Å². The van der Waals surface area contributed by atoms with E-state index in [1.165, 1.54) is 44.1 Å². The fraction of sp³-hybridized carbons (Fsp3) is 0.667. The minimum absolute atomic E-state index is 0.482. The minimum atomic E-state index is 0.482. The Morgan fingerprint density at radius 3 is 2.50 bits per heavy atom. The van der Waals surface area contributed by atoms with Gasteiger partial charge in [-0.2, -0.15) is 0 Å². The molecule has 1 aromatic carbocycles. The first-order chi connectivity index (χ1) is 9.83. The maximum Gasteiger partial charge on any atom is 0.119 e. The molecule has 1 unspecified atom stereocenters. The fourth-order valence-corrected chi connectivity index (χ4v) is 3.20. The largest absolute Gasteiger partial charge is 0.494 e. The molecule has 1 aliphatic carbocycles. The zero-order valence-electron chi connectivity index (χ0n) is 13.0. The maximum absolute atomic E-state index is 5.64. The van der Waals surface area contributed by atoms with Gasteiger partial charge in [0, 0.05) is 6.04 Å². The van der Waals surface area contributed by atoms with Crippen LogP contribution in [0.5, 0.6) is 5.75 Å². The molecular formula is C18H29NO. The molecule has 1 atom stereocenters. The molecule has 2 rings (SSSR count). The van der Waals surface area contributed by atoms with Crippen LogP contribution in [-0.2, 0) is 0 Å². The van der Waals surface area contributed by atoms with Gasteiger partial charge >= 0.3 is 0 Å². The second kappa shape index (κ2) is 8.31. The van der Waals surface area contributed by atoms with Crippen molar-refractivity contribution >= 4 is 0 Å². The molecule has 0 amide bonds. The van der Waals surface area contributed by atoms with Gasteiger partial charge in [0.15, 0.2) is 0 Å². The molecule has 20 heavy (non-hydrogen) atoms. The Morgan fingerprint density at radius 2 is 1.90 bits per heavy atom. The van der Waals surface area contributed by atoms with Gasteiger partial charge in [-0.25, -0.2) is 0 Å². The molecule has 0 aliphatic heterocycles. The first-order valence-electron chi connectivity index (χ1n) is 8.23. The molecule has 0 radical (unpaired) electrons. The lowest BCUT2D eigenvalue weighted by molar-refractivity contribution is 0.317. The summed E-state index contributed by atoms with van der Waals surface area (Å²) < 4.78 is 5.64. The SMILES string of the molecule is CCCOc1ccc(C(CCC2CCCC2)NC)cc1. The number of rotatable bonds is 8. The lowest BCUT2D eigenvalue weighted by Crippen LogP contribution is -2.17. The van der Waals surface area contributed by atoms with Gasteiger partial charge in [-0.1, -0.05) is 44.7 Å². The van der Waals surface area contributed by atoms with Crippen molar-refractivity contribution in [3.05, 3.63) is 29.8 Å². The van der Waals surface area contributed by atoms with E-state index in [9.17, 15) is 0 Å². The summed E-state index contributed by atoms with van der Waals surface area (Å²) in [6.07, 6.45) is 9.44. The Balaban J connectivity index is 1.85. The normalized spacial score (nSPS) is 17.3. The Labute approximate surface area is 123 Å². The van der Waals surface area contributed by atoms with E-state index >= 15 is 0 Å². The zero-order chi connectivity index (χ0) is 14.2. The van der Waals surface area contributed by atoms with Gasteiger partial charge in [0.1, 0.15) is 5.75 Å². The highest BCUT2D eigenvalue weighted by Crippen LogP contribution is 2.31. The summed E-state index contributed by atoms with van der Waals surface area (Å²) in [5.41, 5.74) is 1.38. The van der Waals surface area contributed by atoms with Crippen LogP contribution in [0.15, 0.2) is 24.3 Å². The number of ether oxygens (including phenoxy) is 1. The molecule has 1 fully saturated rings. The van der Waals surface area contributed by atoms with Crippen LogP contribution in [0.25, 0.3) is 0 Å². The van der Waals surface area contributed by atoms with Gasteiger partial charge in [-0.15, -0.1) is 0 Å². The molecular weight excluding hydrogens is 246 g/mol. The van der Waals surface area contributed by atoms with Crippen molar-refractivity contribution in [1.29, 1.82) is 0 Å². The third-order valence-corrected chi connectivity index (χ3v) is 4.44. The Bertz CT molecular complexity index is 368. The van der Waals surface area contributed by atoms with E-state index in [2.05, 4.69) is 43.6 Å². The van der Waals surface area contributed by atoms with E-state index < -0.39 is 0 Å². The number of nitrogens with one attached hydrogen (secondary N) is 1. The lowest BCUT2D eigenvalue weighted by Gasteiger charge is -2.19. The summed E-state index contributed by atoms with van der Waals surface area (Å²) in [4.78, 5) is 0. The third kappa shape index (κ3) is 4.52. The van der Waals surface area contributed by atoms with Crippen molar-refractivity contribution in [2.24, 2.45) is 5.92 Å². The fourth-order valence-electron chi connectivity index (χ4n) is 3.20. The molecule has 0 saturated heterocycles. The molecule has 0 spiro atoms. The van der Waals surface area contributed by atoms with Crippen LogP contribution in [0, 0.1) is 5.92 Å². The van der Waals surface area contributed by atoms with Gasteiger partial charge in [0.05, 0.1) is 6.61 Å². The molecule has 2 nitrogen and oxygen atoms in total. The molecule has 0 aromatic heterocycles. The summed E-state index contributed by atoms with van der Waals surface area (Å²) in [6, 6.07) is 9.10. The highest BCUT2D eigenvalue weighted by atomic mass is 16.5. The Kier molecular flexibility index (Phi) is 6.38. The van der Waals surface area contributed by atoms with Crippen LogP contribution in [0.4, 0.5) is 0 Å². The molecule has 1 aliphatic rings. The first kappa shape index (κ1) is 15.4. The van der Waals surface area contributed by atoms with Gasteiger partial charge in [-0.05, 0) is 49.9 Å². The highest BCUT2D eigenvalue weighted by molar-refractivity contribution is 5.29. The molecule has 1 N–H and O–H groups in total. The maximum atomic E-state index is 5.64. The van der Waals surface area contributed by atoms with Gasteiger partial charge in [0.2, 0.25) is 0 Å². The van der Waals surface area contributed by atoms with E-state index in [0.29, 0.717) is 6.04 Å². The predicted molar refractivity (Wildman–Crippen MR) is 85.2 cm³/mol. The number of hydrogen-bond acceptors (Lipinski definition) is 2. The average Bonchev–Trinajstić information content (AvgIpc) is 3.00. The van der Waals surface area contributed by atoms with E-state index in [1.54, 1.807) is 0 Å². The van der Waals surface area contributed by atoms with Gasteiger partial charge in [-0.3, -0.25) is 0 Å². The summed E-state index contributed by atoms with van der Waals surface area (Å²) in [6.45, 7) is 2.94. The molecule has 1 aromatic rings. The van der Waals surface area contributed by atoms with Crippen LogP contribution >= 0.6 is 0 Å². The summed E-state index contributed by atoms with van der Waals surface area (Å²) >= 11 is 0. The molecule has 2 heteroatoms. The summed E-state index contributed by atoms with van der Waals surface area (Å²) in [5.74, 6) is 1.96. The van der Waals surface area contributed by atoms with Gasteiger partial charge in [0.25, 0.3) is 0 Å². The van der Waals surface area contributed by atoms with E-state index in [-0.39, 0.29) is 0 Å². The van der Waals surface area contributed by atoms with E-state index in [0.717, 1.165) is 24.7 Å². The predicted octanol–water partition coefficient (Wildman–Crippen LogP) is 4.71. The van der Waals surface area contributed by atoms with Crippen molar-refractivity contribution in [3.63, 3.8) is 0 Å². The standard InChI is InChI=1S/C18H29NO/c1-3-14-20-17-11-9-16(10-12-17)18(19-2)13-8-15-6-4-5-7-15/h9-12,15,18-19H,3-8,13-14H2,1-2H3. The van der Waals surface area contributed by atoms with Crippen molar-refractivity contribution in [1.82, 2.24) is 5.32 Å². The first-order valence-corrected chi connectivity index (χ1v) is 8.23. The van der Waals surface area contributed by atoms with E-state index in [1.807, 2.05) is 0 Å². The lowest BCUT2D eigenvalue weighted by atomic mass is 9.95. The van der Waals surface area contributed by atoms with Crippen LogP contribution in [-0.4, -0.2) is 13.7 Å². The average molecular weight is 275 g/mol. The third-order valence-electron chi connectivity index (χ3n) is 4.44. The Hall–Kier alpha value is -1.02. The summed E-state index contributed by atoms with van der Waals surface area (Å²) in [7, 11) is 2.07. The number of hydrogen-bond donors (Lipinski definition) is 1. The topological polar surface area (TPSA) is 21.3 Å². The van der Waals surface area contributed by atoms with Crippen LogP contribution in [0.2, 0.25) is 0 Å². The monoisotopic (exact) mass is 275 g/mol. The van der Waals surface area contributed by atoms with E-state index in [4.69, 9.17) is 4.74 Å². The van der Waals surface area contributed by atoms with Crippen molar-refractivity contribution in [3.8, 4) is 5.75 Å². The van der Waals surface area contributed by atoms with Crippen LogP contribution in [0.3, 0.4) is 0 Å². The molecule has 0 bridgehead atoms. The van der Waals surface area contributed by atoms with Crippen molar-refractivity contribution in [2.45, 2.75) is 57.9 Å². The Morgan fingerprint density at radius 1 is 1.20 bits per heavy atom. The number of benzene rings is 1. The van der Waals surface area contributed by atoms with Crippen molar-refractivity contribution in [2.75, 3.05) is 13.7 Å². The van der Waals surface area contributed by atoms with Crippen LogP contribution in [0.1, 0.15) is 63.5 Å². The van der Waals surface area contributed by atoms with Gasteiger partial charge < -0.3 is 10.1 Å². The second-order valence-electron chi connectivity index (χ2n) is 5.99. The molecule has 0 heterocycles. The second-order valence-corrected chi connectivity index (χ2v) is 5.99. The smallest absolute Gasteiger partial charge is 0.119 e. The minimum Gasteiger partial charge on any atom is -0.494 e. The highest BCUT2D eigenvalue weighted by Gasteiger charge is 2.17. The van der Waals surface area contributed by atoms with Crippen LogP contribution < -0.4 is 10.1 Å². The zero-order valence-corrected chi connectivity index (χ0v) is 13.0. The quantitative estimate of drug-likeness (QED) is 0.742. The summed E-state index contributed by atoms with van der Waals surface area (Å²) in [5, 5.41) is 3.46. The molecule has 1 saturated carbocycles. The molecule has 112 valence electrons.